The van der Waals surface area contributed by atoms with Crippen LogP contribution in [0.1, 0.15) is 56.6 Å². The van der Waals surface area contributed by atoms with Crippen LogP contribution in [0.5, 0.6) is 0 Å². The number of hydrogen-bond donors (Lipinski definition) is 0. The minimum atomic E-state index is 0.665. The highest BCUT2D eigenvalue weighted by Gasteiger charge is 2.08. The van der Waals surface area contributed by atoms with Gasteiger partial charge in [0.15, 0.2) is 0 Å². The molecule has 1 rings (SSSR count). The van der Waals surface area contributed by atoms with Crippen molar-refractivity contribution in [3.8, 4) is 6.07 Å². The molecule has 0 amide bonds. The highest BCUT2D eigenvalue weighted by molar-refractivity contribution is 5.32. The molecule has 1 unspecified atom stereocenters. The standard InChI is InChI=1S/C14H19N/c1-3-5-6-13(4-2)14-9-7-12(11-15)8-10-14/h7-10,13H,3-6H2,1-2H3. The average molecular weight is 201 g/mol. The normalized spacial score (nSPS) is 12.1. The van der Waals surface area contributed by atoms with Gasteiger partial charge < -0.3 is 0 Å². The number of benzene rings is 1. The van der Waals surface area contributed by atoms with Crippen molar-refractivity contribution in [3.63, 3.8) is 0 Å². The van der Waals surface area contributed by atoms with E-state index < -0.39 is 0 Å². The van der Waals surface area contributed by atoms with Crippen molar-refractivity contribution in [1.29, 1.82) is 5.26 Å². The zero-order valence-electron chi connectivity index (χ0n) is 9.66. The molecule has 0 aliphatic heterocycles. The third-order valence-corrected chi connectivity index (χ3v) is 2.91. The summed E-state index contributed by atoms with van der Waals surface area (Å²) in [7, 11) is 0. The second-order valence-corrected chi connectivity index (χ2v) is 3.98. The maximum absolute atomic E-state index is 8.72. The van der Waals surface area contributed by atoms with Gasteiger partial charge in [-0.1, -0.05) is 38.8 Å². The number of nitrogens with zero attached hydrogens (tertiary/aromatic N) is 1. The topological polar surface area (TPSA) is 23.8 Å². The highest BCUT2D eigenvalue weighted by Crippen LogP contribution is 2.25. The van der Waals surface area contributed by atoms with Crippen LogP contribution >= 0.6 is 0 Å². The van der Waals surface area contributed by atoms with Gasteiger partial charge in [0.25, 0.3) is 0 Å². The maximum atomic E-state index is 8.72. The Kier molecular flexibility index (Phi) is 4.90. The summed E-state index contributed by atoms with van der Waals surface area (Å²) in [6.07, 6.45) is 5.00. The van der Waals surface area contributed by atoms with Crippen LogP contribution < -0.4 is 0 Å². The predicted octanol–water partition coefficient (Wildman–Crippen LogP) is 4.24. The fraction of sp³-hybridized carbons (Fsp3) is 0.500. The van der Waals surface area contributed by atoms with Crippen LogP contribution in [-0.2, 0) is 0 Å². The second-order valence-electron chi connectivity index (χ2n) is 3.98. The van der Waals surface area contributed by atoms with Crippen LogP contribution in [0, 0.1) is 11.3 Å². The molecule has 1 atom stereocenters. The van der Waals surface area contributed by atoms with Crippen LogP contribution in [0.15, 0.2) is 24.3 Å². The van der Waals surface area contributed by atoms with E-state index in [2.05, 4.69) is 32.0 Å². The molecule has 0 heterocycles. The maximum Gasteiger partial charge on any atom is 0.0991 e. The Balaban J connectivity index is 2.70. The quantitative estimate of drug-likeness (QED) is 0.699. The van der Waals surface area contributed by atoms with E-state index >= 15 is 0 Å². The Morgan fingerprint density at radius 1 is 1.20 bits per heavy atom. The summed E-state index contributed by atoms with van der Waals surface area (Å²) in [6, 6.07) is 10.2. The number of rotatable bonds is 5. The average Bonchev–Trinajstić information content (AvgIpc) is 2.31. The Morgan fingerprint density at radius 3 is 2.33 bits per heavy atom. The lowest BCUT2D eigenvalue weighted by Gasteiger charge is -2.14. The molecule has 0 N–H and O–H groups in total. The molecule has 0 aromatic heterocycles. The summed E-state index contributed by atoms with van der Waals surface area (Å²) in [5.41, 5.74) is 2.13. The van der Waals surface area contributed by atoms with E-state index in [1.165, 1.54) is 31.2 Å². The van der Waals surface area contributed by atoms with Gasteiger partial charge in [0.05, 0.1) is 11.6 Å². The van der Waals surface area contributed by atoms with Crippen molar-refractivity contribution in [1.82, 2.24) is 0 Å². The molecule has 0 aliphatic carbocycles. The van der Waals surface area contributed by atoms with Crippen LogP contribution in [0.2, 0.25) is 0 Å². The zero-order chi connectivity index (χ0) is 11.1. The molecule has 15 heavy (non-hydrogen) atoms. The Bertz CT molecular complexity index is 318. The predicted molar refractivity (Wildman–Crippen MR) is 63.7 cm³/mol. The van der Waals surface area contributed by atoms with E-state index in [1.807, 2.05) is 12.1 Å². The van der Waals surface area contributed by atoms with E-state index in [0.29, 0.717) is 5.92 Å². The first-order chi connectivity index (χ1) is 7.31. The first-order valence-electron chi connectivity index (χ1n) is 5.81. The van der Waals surface area contributed by atoms with Crippen LogP contribution in [-0.4, -0.2) is 0 Å². The largest absolute Gasteiger partial charge is 0.192 e. The molecule has 0 radical (unpaired) electrons. The van der Waals surface area contributed by atoms with Gasteiger partial charge in [-0.05, 0) is 36.5 Å². The molecule has 1 aromatic carbocycles. The van der Waals surface area contributed by atoms with E-state index in [4.69, 9.17) is 5.26 Å². The molecule has 0 fully saturated rings. The molecule has 1 aromatic rings. The lowest BCUT2D eigenvalue weighted by atomic mass is 9.91. The third kappa shape index (κ3) is 3.40. The first-order valence-corrected chi connectivity index (χ1v) is 5.81. The minimum Gasteiger partial charge on any atom is -0.192 e. The lowest BCUT2D eigenvalue weighted by Crippen LogP contribution is -1.97. The van der Waals surface area contributed by atoms with Crippen molar-refractivity contribution >= 4 is 0 Å². The Hall–Kier alpha value is -1.29. The molecular weight excluding hydrogens is 182 g/mol. The molecule has 0 spiro atoms. The van der Waals surface area contributed by atoms with Gasteiger partial charge in [-0.25, -0.2) is 0 Å². The van der Waals surface area contributed by atoms with Gasteiger partial charge in [-0.15, -0.1) is 0 Å². The van der Waals surface area contributed by atoms with Crippen molar-refractivity contribution < 1.29 is 0 Å². The van der Waals surface area contributed by atoms with Crippen molar-refractivity contribution in [2.24, 2.45) is 0 Å². The molecule has 0 saturated heterocycles. The third-order valence-electron chi connectivity index (χ3n) is 2.91. The van der Waals surface area contributed by atoms with E-state index in [-0.39, 0.29) is 0 Å². The van der Waals surface area contributed by atoms with Gasteiger partial charge in [0.1, 0.15) is 0 Å². The summed E-state index contributed by atoms with van der Waals surface area (Å²) in [4.78, 5) is 0. The van der Waals surface area contributed by atoms with Crippen molar-refractivity contribution in [3.05, 3.63) is 35.4 Å². The summed E-state index contributed by atoms with van der Waals surface area (Å²) in [5.74, 6) is 0.665. The van der Waals surface area contributed by atoms with Gasteiger partial charge >= 0.3 is 0 Å². The fourth-order valence-corrected chi connectivity index (χ4v) is 1.89. The molecule has 0 bridgehead atoms. The minimum absolute atomic E-state index is 0.665. The van der Waals surface area contributed by atoms with Gasteiger partial charge in [0, 0.05) is 0 Å². The van der Waals surface area contributed by atoms with Gasteiger partial charge in [0.2, 0.25) is 0 Å². The SMILES string of the molecule is CCCCC(CC)c1ccc(C#N)cc1. The van der Waals surface area contributed by atoms with Crippen LogP contribution in [0.25, 0.3) is 0 Å². The summed E-state index contributed by atoms with van der Waals surface area (Å²) in [6.45, 7) is 4.46. The Labute approximate surface area is 92.7 Å². The summed E-state index contributed by atoms with van der Waals surface area (Å²) < 4.78 is 0. The monoisotopic (exact) mass is 201 g/mol. The summed E-state index contributed by atoms with van der Waals surface area (Å²) >= 11 is 0. The molecule has 80 valence electrons. The van der Waals surface area contributed by atoms with E-state index in [0.717, 1.165) is 5.56 Å². The molecule has 1 nitrogen and oxygen atoms in total. The number of hydrogen-bond acceptors (Lipinski definition) is 1. The second kappa shape index (κ2) is 6.24. The van der Waals surface area contributed by atoms with Gasteiger partial charge in [-0.3, -0.25) is 0 Å². The smallest absolute Gasteiger partial charge is 0.0991 e. The molecule has 0 aliphatic rings. The first kappa shape index (κ1) is 11.8. The molecular formula is C14H19N. The zero-order valence-corrected chi connectivity index (χ0v) is 9.66. The number of nitriles is 1. The van der Waals surface area contributed by atoms with E-state index in [9.17, 15) is 0 Å². The van der Waals surface area contributed by atoms with Crippen LogP contribution in [0.4, 0.5) is 0 Å². The van der Waals surface area contributed by atoms with Crippen molar-refractivity contribution in [2.75, 3.05) is 0 Å². The highest BCUT2D eigenvalue weighted by atomic mass is 14.2. The fourth-order valence-electron chi connectivity index (χ4n) is 1.89. The van der Waals surface area contributed by atoms with Gasteiger partial charge in [-0.2, -0.15) is 5.26 Å². The summed E-state index contributed by atoms with van der Waals surface area (Å²) in [5, 5.41) is 8.72. The molecule has 0 saturated carbocycles. The van der Waals surface area contributed by atoms with Crippen molar-refractivity contribution in [2.45, 2.75) is 45.4 Å². The number of unbranched alkanes of at least 4 members (excludes halogenated alkanes) is 1. The Morgan fingerprint density at radius 2 is 1.87 bits per heavy atom. The van der Waals surface area contributed by atoms with Crippen LogP contribution in [0.3, 0.4) is 0 Å². The lowest BCUT2D eigenvalue weighted by molar-refractivity contribution is 0.570. The molecule has 1 heteroatoms. The van der Waals surface area contributed by atoms with E-state index in [1.54, 1.807) is 0 Å².